The average Bonchev–Trinajstić information content (AvgIpc) is 3.56. The van der Waals surface area contributed by atoms with Crippen molar-refractivity contribution in [1.82, 2.24) is 10.2 Å². The Morgan fingerprint density at radius 3 is 2.48 bits per heavy atom. The quantitative estimate of drug-likeness (QED) is 0.534. The second kappa shape index (κ2) is 10.4. The molecule has 2 amide bonds. The Labute approximate surface area is 193 Å². The molecule has 1 aliphatic rings. The number of nitrogens with zero attached hydrogens (tertiary/aromatic N) is 1. The van der Waals surface area contributed by atoms with Crippen molar-refractivity contribution in [3.63, 3.8) is 0 Å². The van der Waals surface area contributed by atoms with Gasteiger partial charge in [0, 0.05) is 17.8 Å². The summed E-state index contributed by atoms with van der Waals surface area (Å²) in [6, 6.07) is 16.7. The lowest BCUT2D eigenvalue weighted by Gasteiger charge is -2.28. The number of ether oxygens (including phenoxy) is 1. The number of rotatable bonds is 8. The predicted molar refractivity (Wildman–Crippen MR) is 127 cm³/mol. The van der Waals surface area contributed by atoms with E-state index in [1.807, 2.05) is 25.1 Å². The first-order valence-corrected chi connectivity index (χ1v) is 11.2. The minimum absolute atomic E-state index is 0.0888. The van der Waals surface area contributed by atoms with Crippen LogP contribution in [0.5, 0.6) is 5.75 Å². The van der Waals surface area contributed by atoms with E-state index in [4.69, 9.17) is 9.15 Å². The Morgan fingerprint density at radius 1 is 1.06 bits per heavy atom. The number of anilines is 1. The Kier molecular flexibility index (Phi) is 7.10. The summed E-state index contributed by atoms with van der Waals surface area (Å²) in [6.45, 7) is 4.40. The molecule has 7 heteroatoms. The highest BCUT2D eigenvalue weighted by Crippen LogP contribution is 2.26. The zero-order chi connectivity index (χ0) is 23.2. The van der Waals surface area contributed by atoms with E-state index in [0.29, 0.717) is 17.8 Å². The molecule has 1 fully saturated rings. The second-order valence-corrected chi connectivity index (χ2v) is 8.20. The maximum absolute atomic E-state index is 13.0. The minimum Gasteiger partial charge on any atom is -0.497 e. The fourth-order valence-electron chi connectivity index (χ4n) is 4.12. The first kappa shape index (κ1) is 22.6. The third-order valence-corrected chi connectivity index (χ3v) is 6.03. The van der Waals surface area contributed by atoms with Crippen LogP contribution < -0.4 is 15.4 Å². The van der Waals surface area contributed by atoms with Crippen LogP contribution in [-0.4, -0.2) is 43.5 Å². The van der Waals surface area contributed by atoms with Crippen LogP contribution in [0.15, 0.2) is 65.3 Å². The molecule has 0 bridgehead atoms. The molecule has 1 aliphatic heterocycles. The average molecular weight is 448 g/mol. The van der Waals surface area contributed by atoms with Gasteiger partial charge in [0.25, 0.3) is 11.8 Å². The van der Waals surface area contributed by atoms with Gasteiger partial charge in [0.2, 0.25) is 0 Å². The largest absolute Gasteiger partial charge is 0.497 e. The lowest BCUT2D eigenvalue weighted by Crippen LogP contribution is -2.36. The predicted octanol–water partition coefficient (Wildman–Crippen LogP) is 4.42. The summed E-state index contributed by atoms with van der Waals surface area (Å²) in [5.74, 6) is 0.499. The van der Waals surface area contributed by atoms with Crippen LogP contribution in [0.25, 0.3) is 0 Å². The van der Waals surface area contributed by atoms with Gasteiger partial charge in [-0.3, -0.25) is 14.5 Å². The molecule has 0 unspecified atom stereocenters. The number of aryl methyl sites for hydroxylation is 1. The highest BCUT2D eigenvalue weighted by molar-refractivity contribution is 6.03. The van der Waals surface area contributed by atoms with Gasteiger partial charge >= 0.3 is 0 Å². The fourth-order valence-corrected chi connectivity index (χ4v) is 4.12. The van der Waals surface area contributed by atoms with Crippen molar-refractivity contribution in [1.29, 1.82) is 0 Å². The molecule has 0 radical (unpaired) electrons. The van der Waals surface area contributed by atoms with E-state index in [-0.39, 0.29) is 23.6 Å². The van der Waals surface area contributed by atoms with Gasteiger partial charge in [0.05, 0.1) is 19.4 Å². The normalized spacial score (nSPS) is 14.6. The zero-order valence-electron chi connectivity index (χ0n) is 19.0. The molecule has 1 atom stereocenters. The number of carbonyl (C=O) groups is 2. The van der Waals surface area contributed by atoms with Crippen LogP contribution in [0.1, 0.15) is 50.9 Å². The number of hydrogen-bond donors (Lipinski definition) is 2. The number of likely N-dealkylation sites (tertiary alicyclic amines) is 1. The van der Waals surface area contributed by atoms with E-state index in [0.717, 1.165) is 42.8 Å². The Balaban J connectivity index is 1.46. The maximum atomic E-state index is 13.0. The molecule has 172 valence electrons. The molecule has 7 nitrogen and oxygen atoms in total. The van der Waals surface area contributed by atoms with Gasteiger partial charge in [0.1, 0.15) is 5.75 Å². The fraction of sp³-hybridized carbons (Fsp3) is 0.308. The minimum atomic E-state index is -0.353. The lowest BCUT2D eigenvalue weighted by atomic mass is 10.0. The molecule has 4 rings (SSSR count). The lowest BCUT2D eigenvalue weighted by molar-refractivity contribution is 0.0936. The summed E-state index contributed by atoms with van der Waals surface area (Å²) in [4.78, 5) is 27.8. The van der Waals surface area contributed by atoms with Crippen LogP contribution in [-0.2, 0) is 0 Å². The number of furan rings is 1. The topological polar surface area (TPSA) is 83.8 Å². The van der Waals surface area contributed by atoms with Crippen molar-refractivity contribution >= 4 is 17.5 Å². The number of hydrogen-bond acceptors (Lipinski definition) is 5. The van der Waals surface area contributed by atoms with Gasteiger partial charge in [-0.05, 0) is 80.4 Å². The van der Waals surface area contributed by atoms with Gasteiger partial charge in [-0.1, -0.05) is 18.2 Å². The molecule has 1 saturated heterocycles. The summed E-state index contributed by atoms with van der Waals surface area (Å²) in [5, 5.41) is 5.91. The summed E-state index contributed by atoms with van der Waals surface area (Å²) in [6.07, 6.45) is 3.78. The van der Waals surface area contributed by atoms with Crippen molar-refractivity contribution in [2.24, 2.45) is 0 Å². The van der Waals surface area contributed by atoms with Crippen molar-refractivity contribution in [3.05, 3.63) is 83.3 Å². The van der Waals surface area contributed by atoms with Crippen LogP contribution >= 0.6 is 0 Å². The first-order valence-electron chi connectivity index (χ1n) is 11.2. The Hall–Kier alpha value is -3.58. The van der Waals surface area contributed by atoms with E-state index in [2.05, 4.69) is 27.7 Å². The standard InChI is InChI=1S/C26H29N3O4/c1-18-7-8-20(16-22(18)28-26(31)24-6-5-15-33-24)25(30)27-17-23(29-13-3-4-14-29)19-9-11-21(32-2)12-10-19/h5-12,15-16,23H,3-4,13-14,17H2,1-2H3,(H,27,30)(H,28,31)/t23-/m0/s1. The molecule has 2 heterocycles. The van der Waals surface area contributed by atoms with Gasteiger partial charge in [-0.15, -0.1) is 0 Å². The Morgan fingerprint density at radius 2 is 1.82 bits per heavy atom. The van der Waals surface area contributed by atoms with Gasteiger partial charge in [-0.2, -0.15) is 0 Å². The number of amides is 2. The summed E-state index contributed by atoms with van der Waals surface area (Å²) in [7, 11) is 1.65. The SMILES string of the molecule is COc1ccc([C@H](CNC(=O)c2ccc(C)c(NC(=O)c3ccco3)c2)N2CCCC2)cc1. The zero-order valence-corrected chi connectivity index (χ0v) is 19.0. The van der Waals surface area contributed by atoms with E-state index in [1.54, 1.807) is 31.4 Å². The third-order valence-electron chi connectivity index (χ3n) is 6.03. The number of benzene rings is 2. The van der Waals surface area contributed by atoms with Gasteiger partial charge in [-0.25, -0.2) is 0 Å². The summed E-state index contributed by atoms with van der Waals surface area (Å²) < 4.78 is 10.4. The number of nitrogens with one attached hydrogen (secondary N) is 2. The molecular formula is C26H29N3O4. The van der Waals surface area contributed by atoms with Crippen molar-refractivity contribution in [2.75, 3.05) is 32.1 Å². The van der Waals surface area contributed by atoms with Gasteiger partial charge < -0.3 is 19.8 Å². The molecule has 33 heavy (non-hydrogen) atoms. The monoisotopic (exact) mass is 447 g/mol. The van der Waals surface area contributed by atoms with E-state index in [1.165, 1.54) is 6.26 Å². The molecule has 0 spiro atoms. The number of methoxy groups -OCH3 is 1. The Bertz CT molecular complexity index is 1090. The molecule has 2 aromatic carbocycles. The maximum Gasteiger partial charge on any atom is 0.291 e. The van der Waals surface area contributed by atoms with Crippen LogP contribution in [0, 0.1) is 6.92 Å². The first-order chi connectivity index (χ1) is 16.0. The van der Waals surface area contributed by atoms with Crippen LogP contribution in [0.4, 0.5) is 5.69 Å². The van der Waals surface area contributed by atoms with Crippen LogP contribution in [0.2, 0.25) is 0 Å². The highest BCUT2D eigenvalue weighted by atomic mass is 16.5. The summed E-state index contributed by atoms with van der Waals surface area (Å²) >= 11 is 0. The summed E-state index contributed by atoms with van der Waals surface area (Å²) in [5.41, 5.74) is 3.08. The smallest absolute Gasteiger partial charge is 0.291 e. The highest BCUT2D eigenvalue weighted by Gasteiger charge is 2.24. The molecule has 3 aromatic rings. The molecule has 1 aromatic heterocycles. The van der Waals surface area contributed by atoms with Crippen LogP contribution in [0.3, 0.4) is 0 Å². The molecule has 0 saturated carbocycles. The molecule has 0 aliphatic carbocycles. The second-order valence-electron chi connectivity index (χ2n) is 8.20. The van der Waals surface area contributed by atoms with E-state index >= 15 is 0 Å². The van der Waals surface area contributed by atoms with Crippen molar-refractivity contribution in [2.45, 2.75) is 25.8 Å². The van der Waals surface area contributed by atoms with Gasteiger partial charge in [0.15, 0.2) is 5.76 Å². The van der Waals surface area contributed by atoms with E-state index < -0.39 is 0 Å². The number of carbonyl (C=O) groups excluding carboxylic acids is 2. The third kappa shape index (κ3) is 5.43. The van der Waals surface area contributed by atoms with Crippen molar-refractivity contribution in [3.8, 4) is 5.75 Å². The molecular weight excluding hydrogens is 418 g/mol. The molecule has 2 N–H and O–H groups in total. The van der Waals surface area contributed by atoms with Crippen molar-refractivity contribution < 1.29 is 18.7 Å². The van der Waals surface area contributed by atoms with E-state index in [9.17, 15) is 9.59 Å².